The maximum atomic E-state index is 12.5. The lowest BCUT2D eigenvalue weighted by Crippen LogP contribution is -2.32. The number of rotatable bonds is 5. The van der Waals surface area contributed by atoms with Gasteiger partial charge in [-0.25, -0.2) is 8.42 Å². The molecule has 0 aliphatic heterocycles. The first-order valence-corrected chi connectivity index (χ1v) is 7.94. The van der Waals surface area contributed by atoms with Gasteiger partial charge in [-0.15, -0.1) is 0 Å². The van der Waals surface area contributed by atoms with Gasteiger partial charge in [0.05, 0.1) is 4.90 Å². The van der Waals surface area contributed by atoms with Gasteiger partial charge in [0.25, 0.3) is 0 Å². The minimum absolute atomic E-state index is 0.0734. The summed E-state index contributed by atoms with van der Waals surface area (Å²) in [4.78, 5) is 12.4. The van der Waals surface area contributed by atoms with E-state index >= 15 is 0 Å². The van der Waals surface area contributed by atoms with E-state index in [1.165, 1.54) is 19.2 Å². The number of hydrogen-bond donors (Lipinski definition) is 0. The summed E-state index contributed by atoms with van der Waals surface area (Å²) < 4.78 is 30.1. The molecule has 0 aliphatic carbocycles. The second-order valence-corrected chi connectivity index (χ2v) is 6.65. The van der Waals surface area contributed by atoms with Crippen LogP contribution in [0.3, 0.4) is 0 Å². The van der Waals surface area contributed by atoms with Crippen LogP contribution in [0.4, 0.5) is 0 Å². The van der Waals surface area contributed by atoms with Gasteiger partial charge in [-0.1, -0.05) is 48.0 Å². The van der Waals surface area contributed by atoms with Crippen LogP contribution >= 0.6 is 0 Å². The summed E-state index contributed by atoms with van der Waals surface area (Å²) in [5.41, 5.74) is -0.292. The molecule has 0 radical (unpaired) electrons. The number of sulfone groups is 1. The Morgan fingerprint density at radius 3 is 2.10 bits per heavy atom. The van der Waals surface area contributed by atoms with Crippen LogP contribution < -0.4 is 0 Å². The van der Waals surface area contributed by atoms with E-state index in [1.807, 2.05) is 6.92 Å². The average Bonchev–Trinajstić information content (AvgIpc) is 2.49. The summed E-state index contributed by atoms with van der Waals surface area (Å²) in [6.07, 6.45) is 0. The van der Waals surface area contributed by atoms with Crippen LogP contribution in [0.5, 0.6) is 0 Å². The highest BCUT2D eigenvalue weighted by atomic mass is 32.2. The van der Waals surface area contributed by atoms with Crippen LogP contribution in [0, 0.1) is 6.92 Å². The molecule has 2 aromatic carbocycles. The van der Waals surface area contributed by atoms with Crippen molar-refractivity contribution in [2.24, 2.45) is 0 Å². The summed E-state index contributed by atoms with van der Waals surface area (Å²) in [6, 6.07) is 14.6. The van der Waals surface area contributed by atoms with Crippen molar-refractivity contribution in [3.8, 4) is 0 Å². The predicted molar refractivity (Wildman–Crippen MR) is 79.9 cm³/mol. The van der Waals surface area contributed by atoms with E-state index < -0.39 is 21.1 Å². The molecular formula is C16H16O4S. The number of Topliss-reactive ketones (excluding diaryl/α,β-unsaturated/α-hetero) is 1. The third-order valence-corrected chi connectivity index (χ3v) is 5.02. The van der Waals surface area contributed by atoms with E-state index in [0.717, 1.165) is 5.56 Å². The van der Waals surface area contributed by atoms with Gasteiger partial charge in [0.1, 0.15) is 0 Å². The molecule has 2 aromatic rings. The van der Waals surface area contributed by atoms with Crippen molar-refractivity contribution >= 4 is 15.6 Å². The highest BCUT2D eigenvalue weighted by molar-refractivity contribution is 7.92. The summed E-state index contributed by atoms with van der Waals surface area (Å²) in [5.74, 6) is -0.571. The molecule has 21 heavy (non-hydrogen) atoms. The van der Waals surface area contributed by atoms with Crippen molar-refractivity contribution in [2.75, 3.05) is 7.11 Å². The van der Waals surface area contributed by atoms with Crippen molar-refractivity contribution in [1.82, 2.24) is 0 Å². The number of benzene rings is 2. The molecular weight excluding hydrogens is 288 g/mol. The Kier molecular flexibility index (Phi) is 4.55. The van der Waals surface area contributed by atoms with Crippen molar-refractivity contribution in [3.05, 3.63) is 65.7 Å². The van der Waals surface area contributed by atoms with E-state index in [1.54, 1.807) is 42.5 Å². The van der Waals surface area contributed by atoms with Crippen molar-refractivity contribution in [3.63, 3.8) is 0 Å². The number of ketones is 1. The van der Waals surface area contributed by atoms with Gasteiger partial charge < -0.3 is 4.74 Å². The second-order valence-electron chi connectivity index (χ2n) is 4.66. The summed E-state index contributed by atoms with van der Waals surface area (Å²) >= 11 is 0. The van der Waals surface area contributed by atoms with Crippen molar-refractivity contribution in [2.45, 2.75) is 17.3 Å². The van der Waals surface area contributed by atoms with Crippen molar-refractivity contribution < 1.29 is 17.9 Å². The highest BCUT2D eigenvalue weighted by Gasteiger charge is 2.34. The molecule has 2 rings (SSSR count). The molecule has 0 saturated carbocycles. The first-order valence-electron chi connectivity index (χ1n) is 6.39. The fourth-order valence-electron chi connectivity index (χ4n) is 1.96. The minimum Gasteiger partial charge on any atom is -0.358 e. The maximum Gasteiger partial charge on any atom is 0.225 e. The van der Waals surface area contributed by atoms with Gasteiger partial charge in [-0.2, -0.15) is 0 Å². The van der Waals surface area contributed by atoms with Crippen molar-refractivity contribution in [1.29, 1.82) is 0 Å². The third-order valence-electron chi connectivity index (χ3n) is 3.12. The molecule has 0 fully saturated rings. The zero-order valence-electron chi connectivity index (χ0n) is 11.8. The molecule has 4 nitrogen and oxygen atoms in total. The second kappa shape index (κ2) is 6.20. The molecule has 110 valence electrons. The Hall–Kier alpha value is -1.98. The first-order chi connectivity index (χ1) is 9.96. The Morgan fingerprint density at radius 1 is 1.00 bits per heavy atom. The molecule has 1 atom stereocenters. The van der Waals surface area contributed by atoms with E-state index in [0.29, 0.717) is 5.56 Å². The normalized spacial score (nSPS) is 12.9. The standard InChI is InChI=1S/C16H16O4S/c1-12-8-10-14(11-9-12)21(18,19)16(20-2)15(17)13-6-4-3-5-7-13/h3-11,16H,1-2H3. The smallest absolute Gasteiger partial charge is 0.225 e. The number of methoxy groups -OCH3 is 1. The topological polar surface area (TPSA) is 60.4 Å². The maximum absolute atomic E-state index is 12.5. The van der Waals surface area contributed by atoms with Gasteiger partial charge in [0.15, 0.2) is 0 Å². The van der Waals surface area contributed by atoms with E-state index in [2.05, 4.69) is 0 Å². The Morgan fingerprint density at radius 2 is 1.57 bits per heavy atom. The van der Waals surface area contributed by atoms with Gasteiger partial charge in [-0.3, -0.25) is 4.79 Å². The van der Waals surface area contributed by atoms with Gasteiger partial charge >= 0.3 is 0 Å². The molecule has 0 saturated heterocycles. The largest absolute Gasteiger partial charge is 0.358 e. The van der Waals surface area contributed by atoms with Gasteiger partial charge in [-0.05, 0) is 19.1 Å². The summed E-state index contributed by atoms with van der Waals surface area (Å²) in [7, 11) is -2.67. The molecule has 0 aromatic heterocycles. The lowest BCUT2D eigenvalue weighted by molar-refractivity contribution is 0.0778. The third kappa shape index (κ3) is 3.20. The Balaban J connectivity index is 2.41. The van der Waals surface area contributed by atoms with Crippen LogP contribution in [-0.4, -0.2) is 26.7 Å². The molecule has 0 amide bonds. The lowest BCUT2D eigenvalue weighted by Gasteiger charge is -2.15. The van der Waals surface area contributed by atoms with Crippen LogP contribution in [0.15, 0.2) is 59.5 Å². The van der Waals surface area contributed by atoms with E-state index in [-0.39, 0.29) is 4.90 Å². The van der Waals surface area contributed by atoms with Gasteiger partial charge in [0, 0.05) is 12.7 Å². The van der Waals surface area contributed by atoms with Crippen LogP contribution in [-0.2, 0) is 14.6 Å². The molecule has 1 unspecified atom stereocenters. The highest BCUT2D eigenvalue weighted by Crippen LogP contribution is 2.20. The number of aryl methyl sites for hydroxylation is 1. The molecule has 0 N–H and O–H groups in total. The van der Waals surface area contributed by atoms with Crippen LogP contribution in [0.1, 0.15) is 15.9 Å². The first kappa shape index (κ1) is 15.4. The summed E-state index contributed by atoms with van der Waals surface area (Å²) in [5, 5.41) is 0. The fraction of sp³-hybridized carbons (Fsp3) is 0.188. The SMILES string of the molecule is COC(C(=O)c1ccccc1)S(=O)(=O)c1ccc(C)cc1. The summed E-state index contributed by atoms with van der Waals surface area (Å²) in [6.45, 7) is 1.86. The number of carbonyl (C=O) groups is 1. The molecule has 0 aliphatic rings. The number of ether oxygens (including phenoxy) is 1. The predicted octanol–water partition coefficient (Wildman–Crippen LogP) is 2.62. The zero-order chi connectivity index (χ0) is 15.5. The molecule has 0 spiro atoms. The van der Waals surface area contributed by atoms with Gasteiger partial charge in [0.2, 0.25) is 21.1 Å². The number of carbonyl (C=O) groups excluding carboxylic acids is 1. The fourth-order valence-corrected chi connectivity index (χ4v) is 3.40. The molecule has 0 bridgehead atoms. The van der Waals surface area contributed by atoms with E-state index in [4.69, 9.17) is 4.74 Å². The van der Waals surface area contributed by atoms with E-state index in [9.17, 15) is 13.2 Å². The Bertz CT molecular complexity index is 719. The monoisotopic (exact) mass is 304 g/mol. The van der Waals surface area contributed by atoms with Crippen LogP contribution in [0.2, 0.25) is 0 Å². The number of hydrogen-bond acceptors (Lipinski definition) is 4. The zero-order valence-corrected chi connectivity index (χ0v) is 12.6. The Labute approximate surface area is 124 Å². The molecule has 5 heteroatoms. The molecule has 0 heterocycles. The lowest BCUT2D eigenvalue weighted by atomic mass is 10.1. The quantitative estimate of drug-likeness (QED) is 0.797. The minimum atomic E-state index is -3.89. The average molecular weight is 304 g/mol. The van der Waals surface area contributed by atoms with Crippen LogP contribution in [0.25, 0.3) is 0 Å².